The van der Waals surface area contributed by atoms with E-state index in [2.05, 4.69) is 15.0 Å². The monoisotopic (exact) mass is 264 g/mol. The highest BCUT2D eigenvalue weighted by atomic mass is 19.4. The Bertz CT molecular complexity index is 631. The first-order valence-corrected chi connectivity index (χ1v) is 5.19. The summed E-state index contributed by atoms with van der Waals surface area (Å²) in [5.41, 5.74) is 8.42. The number of aromatic nitrogens is 1. The summed E-state index contributed by atoms with van der Waals surface area (Å²) in [6, 6.07) is 6.16. The van der Waals surface area contributed by atoms with E-state index in [0.29, 0.717) is 5.56 Å². The van der Waals surface area contributed by atoms with Crippen molar-refractivity contribution >= 4 is 5.69 Å². The number of hydrogen-bond donors (Lipinski definition) is 0. The van der Waals surface area contributed by atoms with Crippen LogP contribution in [-0.2, 0) is 6.18 Å². The van der Waals surface area contributed by atoms with Gasteiger partial charge in [-0.3, -0.25) is 4.98 Å². The van der Waals surface area contributed by atoms with Crippen LogP contribution in [0.5, 0.6) is 0 Å². The summed E-state index contributed by atoms with van der Waals surface area (Å²) in [5.74, 6) is 0. The zero-order chi connectivity index (χ0) is 13.9. The van der Waals surface area contributed by atoms with Crippen LogP contribution in [0.4, 0.5) is 18.9 Å². The molecular weight excluding hydrogens is 257 g/mol. The van der Waals surface area contributed by atoms with Crippen molar-refractivity contribution in [1.29, 1.82) is 0 Å². The van der Waals surface area contributed by atoms with Crippen LogP contribution in [-0.4, -0.2) is 4.98 Å². The minimum atomic E-state index is -4.45. The number of hydrogen-bond acceptors (Lipinski definition) is 2. The van der Waals surface area contributed by atoms with Crippen molar-refractivity contribution in [2.45, 2.75) is 6.18 Å². The average molecular weight is 264 g/mol. The van der Waals surface area contributed by atoms with Gasteiger partial charge in [-0.2, -0.15) is 13.2 Å². The highest BCUT2D eigenvalue weighted by Gasteiger charge is 2.31. The Balaban J connectivity index is 2.64. The van der Waals surface area contributed by atoms with Crippen LogP contribution in [0.2, 0.25) is 0 Å². The normalized spacial score (nSPS) is 10.9. The summed E-state index contributed by atoms with van der Waals surface area (Å²) >= 11 is 0. The summed E-state index contributed by atoms with van der Waals surface area (Å²) in [6.45, 7) is 0. The van der Waals surface area contributed by atoms with Crippen LogP contribution in [0.3, 0.4) is 0 Å². The highest BCUT2D eigenvalue weighted by molar-refractivity contribution is 5.76. The van der Waals surface area contributed by atoms with Crippen LogP contribution in [0.15, 0.2) is 47.8 Å². The number of pyridine rings is 1. The van der Waals surface area contributed by atoms with Crippen molar-refractivity contribution in [2.75, 3.05) is 0 Å². The molecule has 0 aliphatic heterocycles. The van der Waals surface area contributed by atoms with Crippen molar-refractivity contribution in [3.63, 3.8) is 0 Å². The molecule has 0 aliphatic carbocycles. The third kappa shape index (κ3) is 2.83. The summed E-state index contributed by atoms with van der Waals surface area (Å²) in [7, 11) is 0. The molecule has 0 bridgehead atoms. The molecule has 0 radical (unpaired) electrons. The van der Waals surface area contributed by atoms with Crippen molar-refractivity contribution in [2.24, 2.45) is 5.11 Å². The number of nitrogens with zero attached hydrogens (tertiary/aromatic N) is 4. The molecule has 0 aliphatic rings. The molecule has 0 N–H and O–H groups in total. The van der Waals surface area contributed by atoms with Gasteiger partial charge in [-0.25, -0.2) is 0 Å². The molecule has 0 unspecified atom stereocenters. The molecule has 1 aromatic heterocycles. The molecule has 0 fully saturated rings. The van der Waals surface area contributed by atoms with Gasteiger partial charge in [-0.1, -0.05) is 17.2 Å². The summed E-state index contributed by atoms with van der Waals surface area (Å²) < 4.78 is 38.0. The van der Waals surface area contributed by atoms with E-state index in [1.54, 1.807) is 12.1 Å². The first-order chi connectivity index (χ1) is 9.02. The zero-order valence-corrected chi connectivity index (χ0v) is 9.46. The minimum absolute atomic E-state index is 0.128. The topological polar surface area (TPSA) is 61.7 Å². The maximum atomic E-state index is 12.7. The number of benzene rings is 1. The fourth-order valence-corrected chi connectivity index (χ4v) is 1.60. The van der Waals surface area contributed by atoms with Gasteiger partial charge in [0.2, 0.25) is 0 Å². The predicted octanol–water partition coefficient (Wildman–Crippen LogP) is 4.71. The molecule has 2 rings (SSSR count). The van der Waals surface area contributed by atoms with Crippen LogP contribution in [0.25, 0.3) is 21.6 Å². The molecule has 0 saturated heterocycles. The lowest BCUT2D eigenvalue weighted by molar-refractivity contribution is -0.137. The third-order valence-electron chi connectivity index (χ3n) is 2.45. The molecule has 7 heteroatoms. The Morgan fingerprint density at radius 1 is 1.21 bits per heavy atom. The molecule has 96 valence electrons. The molecule has 4 nitrogen and oxygen atoms in total. The number of halogens is 3. The predicted molar refractivity (Wildman–Crippen MR) is 63.5 cm³/mol. The van der Waals surface area contributed by atoms with Gasteiger partial charge in [-0.15, -0.1) is 0 Å². The molecule has 19 heavy (non-hydrogen) atoms. The van der Waals surface area contributed by atoms with Crippen LogP contribution >= 0.6 is 0 Å². The van der Waals surface area contributed by atoms with Crippen LogP contribution in [0.1, 0.15) is 5.56 Å². The van der Waals surface area contributed by atoms with E-state index in [1.165, 1.54) is 12.4 Å². The quantitative estimate of drug-likeness (QED) is 0.440. The van der Waals surface area contributed by atoms with Gasteiger partial charge >= 0.3 is 6.18 Å². The number of rotatable bonds is 2. The number of azide groups is 1. The number of alkyl halides is 3. The lowest BCUT2D eigenvalue weighted by Gasteiger charge is -2.11. The van der Waals surface area contributed by atoms with E-state index in [-0.39, 0.29) is 11.3 Å². The molecule has 1 heterocycles. The van der Waals surface area contributed by atoms with Gasteiger partial charge in [0.05, 0.1) is 5.56 Å². The van der Waals surface area contributed by atoms with Crippen LogP contribution in [0, 0.1) is 0 Å². The van der Waals surface area contributed by atoms with Gasteiger partial charge in [-0.05, 0) is 29.3 Å². The second kappa shape index (κ2) is 4.99. The van der Waals surface area contributed by atoms with E-state index < -0.39 is 11.7 Å². The third-order valence-corrected chi connectivity index (χ3v) is 2.45. The highest BCUT2D eigenvalue weighted by Crippen LogP contribution is 2.37. The molecule has 0 saturated carbocycles. The second-order valence-electron chi connectivity index (χ2n) is 3.66. The van der Waals surface area contributed by atoms with E-state index in [0.717, 1.165) is 18.2 Å². The Hall–Kier alpha value is -2.53. The van der Waals surface area contributed by atoms with Gasteiger partial charge in [0.25, 0.3) is 0 Å². The first-order valence-electron chi connectivity index (χ1n) is 5.19. The van der Waals surface area contributed by atoms with Gasteiger partial charge in [0, 0.05) is 28.6 Å². The molecular formula is C12H7F3N4. The smallest absolute Gasteiger partial charge is 0.264 e. The second-order valence-corrected chi connectivity index (χ2v) is 3.66. The minimum Gasteiger partial charge on any atom is -0.264 e. The van der Waals surface area contributed by atoms with Crippen molar-refractivity contribution in [3.8, 4) is 11.1 Å². The van der Waals surface area contributed by atoms with Crippen molar-refractivity contribution in [1.82, 2.24) is 4.98 Å². The van der Waals surface area contributed by atoms with Gasteiger partial charge in [0.1, 0.15) is 0 Å². The summed E-state index contributed by atoms with van der Waals surface area (Å²) in [5, 5.41) is 3.39. The Morgan fingerprint density at radius 2 is 2.00 bits per heavy atom. The zero-order valence-electron chi connectivity index (χ0n) is 9.46. The summed E-state index contributed by atoms with van der Waals surface area (Å²) in [6.07, 6.45) is -1.54. The van der Waals surface area contributed by atoms with E-state index in [9.17, 15) is 13.2 Å². The van der Waals surface area contributed by atoms with E-state index in [1.807, 2.05) is 0 Å². The fourth-order valence-electron chi connectivity index (χ4n) is 1.60. The standard InChI is InChI=1S/C12H7F3N4/c13-12(14,15)9-3-4-11(18-19-16)10(6-9)8-2-1-5-17-7-8/h1-7H. The Labute approximate surface area is 106 Å². The van der Waals surface area contributed by atoms with E-state index in [4.69, 9.17) is 5.53 Å². The fraction of sp³-hybridized carbons (Fsp3) is 0.0833. The maximum Gasteiger partial charge on any atom is 0.416 e. The molecule has 1 aromatic carbocycles. The average Bonchev–Trinajstić information content (AvgIpc) is 2.39. The molecule has 0 amide bonds. The lowest BCUT2D eigenvalue weighted by atomic mass is 10.0. The largest absolute Gasteiger partial charge is 0.416 e. The lowest BCUT2D eigenvalue weighted by Crippen LogP contribution is -2.04. The Morgan fingerprint density at radius 3 is 2.58 bits per heavy atom. The van der Waals surface area contributed by atoms with Crippen molar-refractivity contribution in [3.05, 3.63) is 58.7 Å². The van der Waals surface area contributed by atoms with Crippen molar-refractivity contribution < 1.29 is 13.2 Å². The van der Waals surface area contributed by atoms with Crippen LogP contribution < -0.4 is 0 Å². The van der Waals surface area contributed by atoms with Gasteiger partial charge < -0.3 is 0 Å². The molecule has 0 spiro atoms. The SMILES string of the molecule is [N-]=[N+]=Nc1ccc(C(F)(F)F)cc1-c1cccnc1. The van der Waals surface area contributed by atoms with E-state index >= 15 is 0 Å². The first kappa shape index (κ1) is 12.9. The van der Waals surface area contributed by atoms with Gasteiger partial charge in [0.15, 0.2) is 0 Å². The summed E-state index contributed by atoms with van der Waals surface area (Å²) in [4.78, 5) is 6.45. The molecule has 2 aromatic rings. The Kier molecular flexibility index (Phi) is 3.39. The maximum absolute atomic E-state index is 12.7. The molecule has 0 atom stereocenters.